The summed E-state index contributed by atoms with van der Waals surface area (Å²) >= 11 is 0.994. The number of nitrogens with one attached hydrogen (secondary N) is 2. The zero-order valence-electron chi connectivity index (χ0n) is 15.1. The number of nitrogens with two attached hydrogens (primary N) is 1. The third kappa shape index (κ3) is 5.25. The second kappa shape index (κ2) is 9.10. The first kappa shape index (κ1) is 20.2. The summed E-state index contributed by atoms with van der Waals surface area (Å²) in [6, 6.07) is 6.49. The molecule has 150 valence electrons. The normalized spacial score (nSPS) is 11.3. The molecule has 3 rings (SSSR count). The van der Waals surface area contributed by atoms with E-state index in [1.165, 1.54) is 0 Å². The molecule has 0 radical (unpaired) electrons. The third-order valence-corrected chi connectivity index (χ3v) is 4.57. The number of carbonyl (C=O) groups excluding carboxylic acids is 1. The van der Waals surface area contributed by atoms with Crippen molar-refractivity contribution in [2.24, 2.45) is 5.10 Å². The lowest BCUT2D eigenvalue weighted by Crippen LogP contribution is -2.17. The Morgan fingerprint density at radius 1 is 1.24 bits per heavy atom. The molecule has 3 aromatic rings. The molecular weight excluding hydrogens is 402 g/mol. The fourth-order valence-corrected chi connectivity index (χ4v) is 2.81. The second-order valence-electron chi connectivity index (χ2n) is 5.68. The Kier molecular flexibility index (Phi) is 6.34. The fourth-order valence-electron chi connectivity index (χ4n) is 2.15. The van der Waals surface area contributed by atoms with E-state index < -0.39 is 17.5 Å². The highest BCUT2D eigenvalue weighted by Crippen LogP contribution is 2.19. The smallest absolute Gasteiger partial charge is 0.264 e. The van der Waals surface area contributed by atoms with Gasteiger partial charge < -0.3 is 11.2 Å². The largest absolute Gasteiger partial charge is 0.334 e. The molecule has 2 aromatic heterocycles. The van der Waals surface area contributed by atoms with Crippen molar-refractivity contribution < 1.29 is 13.6 Å². The van der Waals surface area contributed by atoms with E-state index in [1.54, 1.807) is 31.5 Å². The summed E-state index contributed by atoms with van der Waals surface area (Å²) in [5, 5.41) is 14.5. The number of aromatic nitrogens is 4. The number of thioether (sulfide) groups is 1. The number of nitrogen functional groups attached to an aromatic ring is 1. The van der Waals surface area contributed by atoms with Crippen LogP contribution in [0.4, 0.5) is 20.4 Å². The van der Waals surface area contributed by atoms with E-state index in [-0.39, 0.29) is 22.5 Å². The van der Waals surface area contributed by atoms with E-state index in [4.69, 9.17) is 5.84 Å². The first-order valence-corrected chi connectivity index (χ1v) is 9.21. The summed E-state index contributed by atoms with van der Waals surface area (Å²) in [4.78, 5) is 15.9. The van der Waals surface area contributed by atoms with E-state index in [0.29, 0.717) is 11.8 Å². The number of rotatable bonds is 7. The number of anilines is 2. The van der Waals surface area contributed by atoms with Crippen molar-refractivity contribution in [3.63, 3.8) is 0 Å². The van der Waals surface area contributed by atoms with Crippen molar-refractivity contribution in [2.75, 3.05) is 22.3 Å². The van der Waals surface area contributed by atoms with Gasteiger partial charge in [0.1, 0.15) is 11.6 Å². The van der Waals surface area contributed by atoms with Crippen LogP contribution in [-0.4, -0.2) is 37.2 Å². The molecule has 29 heavy (non-hydrogen) atoms. The van der Waals surface area contributed by atoms with Crippen LogP contribution in [0, 0.1) is 11.6 Å². The van der Waals surface area contributed by atoms with Gasteiger partial charge in [0.2, 0.25) is 11.1 Å². The van der Waals surface area contributed by atoms with E-state index in [2.05, 4.69) is 31.0 Å². The molecule has 0 atom stereocenters. The number of hydrogen-bond donors (Lipinski definition) is 3. The van der Waals surface area contributed by atoms with Gasteiger partial charge in [-0.3, -0.25) is 9.78 Å². The molecule has 0 saturated carbocycles. The Balaban J connectivity index is 1.57. The average molecular weight is 418 g/mol. The number of nitrogens with zero attached hydrogens (tertiary/aromatic N) is 5. The summed E-state index contributed by atoms with van der Waals surface area (Å²) in [6.45, 7) is 1.80. The third-order valence-electron chi connectivity index (χ3n) is 3.62. The molecule has 0 aliphatic carbocycles. The summed E-state index contributed by atoms with van der Waals surface area (Å²) in [6.07, 6.45) is 3.30. The van der Waals surface area contributed by atoms with Gasteiger partial charge in [0.15, 0.2) is 0 Å². The van der Waals surface area contributed by atoms with Gasteiger partial charge in [-0.05, 0) is 31.2 Å². The van der Waals surface area contributed by atoms with Crippen molar-refractivity contribution in [1.29, 1.82) is 0 Å². The van der Waals surface area contributed by atoms with E-state index in [0.717, 1.165) is 34.1 Å². The number of halogens is 2. The lowest BCUT2D eigenvalue weighted by molar-refractivity contribution is -0.113. The number of hydrogen-bond acceptors (Lipinski definition) is 8. The van der Waals surface area contributed by atoms with Gasteiger partial charge in [0, 0.05) is 24.0 Å². The minimum Gasteiger partial charge on any atom is -0.334 e. The van der Waals surface area contributed by atoms with Crippen molar-refractivity contribution in [3.05, 3.63) is 59.9 Å². The predicted molar refractivity (Wildman–Crippen MR) is 106 cm³/mol. The van der Waals surface area contributed by atoms with Crippen LogP contribution in [-0.2, 0) is 4.79 Å². The van der Waals surface area contributed by atoms with Crippen molar-refractivity contribution in [1.82, 2.24) is 19.9 Å². The van der Waals surface area contributed by atoms with Gasteiger partial charge in [0.25, 0.3) is 5.95 Å². The molecule has 0 unspecified atom stereocenters. The topological polar surface area (TPSA) is 123 Å². The summed E-state index contributed by atoms with van der Waals surface area (Å²) < 4.78 is 27.6. The molecule has 0 aliphatic rings. The van der Waals surface area contributed by atoms with Crippen LogP contribution in [0.25, 0.3) is 0 Å². The van der Waals surface area contributed by atoms with Crippen LogP contribution in [0.5, 0.6) is 0 Å². The van der Waals surface area contributed by atoms with Gasteiger partial charge in [0.05, 0.1) is 17.2 Å². The van der Waals surface area contributed by atoms with Gasteiger partial charge in [-0.25, -0.2) is 18.9 Å². The molecule has 2 heterocycles. The lowest BCUT2D eigenvalue weighted by Gasteiger charge is -2.06. The molecule has 0 spiro atoms. The highest BCUT2D eigenvalue weighted by Gasteiger charge is 2.13. The molecule has 1 amide bonds. The van der Waals surface area contributed by atoms with Gasteiger partial charge in [-0.1, -0.05) is 11.8 Å². The fraction of sp³-hybridized carbons (Fsp3) is 0.118. The SMILES string of the molecule is C/C(=N\Nc1nnc(SCC(=O)Nc2ccc(F)cc2F)n1N)c1ccncc1. The molecule has 12 heteroatoms. The van der Waals surface area contributed by atoms with Crippen LogP contribution < -0.4 is 16.6 Å². The highest BCUT2D eigenvalue weighted by molar-refractivity contribution is 7.99. The second-order valence-corrected chi connectivity index (χ2v) is 6.62. The molecule has 9 nitrogen and oxygen atoms in total. The summed E-state index contributed by atoms with van der Waals surface area (Å²) in [5.41, 5.74) is 4.14. The zero-order chi connectivity index (χ0) is 20.8. The number of carbonyl (C=O) groups is 1. The van der Waals surface area contributed by atoms with Crippen LogP contribution in [0.3, 0.4) is 0 Å². The Morgan fingerprint density at radius 3 is 2.72 bits per heavy atom. The number of benzene rings is 1. The molecule has 0 saturated heterocycles. The molecule has 0 fully saturated rings. The molecule has 0 bridgehead atoms. The molecular formula is C17H16F2N8OS. The van der Waals surface area contributed by atoms with Gasteiger partial charge >= 0.3 is 0 Å². The van der Waals surface area contributed by atoms with E-state index in [1.807, 2.05) is 0 Å². The van der Waals surface area contributed by atoms with Gasteiger partial charge in [-0.15, -0.1) is 10.2 Å². The predicted octanol–water partition coefficient (Wildman–Crippen LogP) is 2.23. The van der Waals surface area contributed by atoms with Crippen LogP contribution in [0.15, 0.2) is 53.0 Å². The zero-order valence-corrected chi connectivity index (χ0v) is 16.0. The number of pyridine rings is 1. The van der Waals surface area contributed by atoms with Crippen LogP contribution >= 0.6 is 11.8 Å². The van der Waals surface area contributed by atoms with E-state index >= 15 is 0 Å². The van der Waals surface area contributed by atoms with Gasteiger partial charge in [-0.2, -0.15) is 5.10 Å². The molecule has 1 aromatic carbocycles. The van der Waals surface area contributed by atoms with Crippen LogP contribution in [0.2, 0.25) is 0 Å². The monoisotopic (exact) mass is 418 g/mol. The minimum atomic E-state index is -0.862. The Labute approximate surface area is 168 Å². The summed E-state index contributed by atoms with van der Waals surface area (Å²) in [7, 11) is 0. The molecule has 4 N–H and O–H groups in total. The van der Waals surface area contributed by atoms with Crippen molar-refractivity contribution in [2.45, 2.75) is 12.1 Å². The summed E-state index contributed by atoms with van der Waals surface area (Å²) in [5.74, 6) is 3.87. The maximum atomic E-state index is 13.6. The minimum absolute atomic E-state index is 0.106. The first-order chi connectivity index (χ1) is 13.9. The lowest BCUT2D eigenvalue weighted by atomic mass is 10.2. The maximum absolute atomic E-state index is 13.6. The van der Waals surface area contributed by atoms with Crippen LogP contribution in [0.1, 0.15) is 12.5 Å². The Bertz CT molecular complexity index is 1040. The maximum Gasteiger partial charge on any atom is 0.264 e. The van der Waals surface area contributed by atoms with Crippen molar-refractivity contribution in [3.8, 4) is 0 Å². The van der Waals surface area contributed by atoms with Crippen molar-refractivity contribution >= 4 is 35.0 Å². The highest BCUT2D eigenvalue weighted by atomic mass is 32.2. The van der Waals surface area contributed by atoms with E-state index in [9.17, 15) is 13.6 Å². The molecule has 0 aliphatic heterocycles. The Morgan fingerprint density at radius 2 is 2.00 bits per heavy atom. The Hall–Kier alpha value is -3.54. The average Bonchev–Trinajstić information content (AvgIpc) is 3.07. The number of hydrazone groups is 1. The quantitative estimate of drug-likeness (QED) is 0.233. The number of amides is 1. The first-order valence-electron chi connectivity index (χ1n) is 8.23. The standard InChI is InChI=1S/C17H16F2N8OS/c1-10(11-4-6-21-7-5-11)23-24-16-25-26-17(27(16)20)29-9-15(28)22-14-3-2-12(18)8-13(14)19/h2-8H,9,20H2,1H3,(H,22,28)(H,24,25)/b23-10+.